The molecule has 6 nitrogen and oxygen atoms in total. The number of aromatic nitrogens is 3. The molecule has 1 aromatic rings. The molecule has 6 heteroatoms. The van der Waals surface area contributed by atoms with Crippen LogP contribution in [0.25, 0.3) is 0 Å². The van der Waals surface area contributed by atoms with E-state index in [1.54, 1.807) is 7.05 Å². The molecular formula is C12H23N5O. The number of rotatable bonds is 8. The molecule has 0 aliphatic rings. The molecule has 0 atom stereocenters. The highest BCUT2D eigenvalue weighted by Gasteiger charge is 2.12. The second kappa shape index (κ2) is 7.68. The topological polar surface area (TPSA) is 63.2 Å². The number of ether oxygens (including phenoxy) is 1. The van der Waals surface area contributed by atoms with Gasteiger partial charge in [-0.1, -0.05) is 13.8 Å². The van der Waals surface area contributed by atoms with Crippen LogP contribution in [0, 0.1) is 0 Å². The molecule has 0 saturated heterocycles. The maximum absolute atomic E-state index is 5.37. The molecule has 1 aromatic heterocycles. The minimum absolute atomic E-state index is 0.379. The smallest absolute Gasteiger partial charge is 0.323 e. The molecule has 1 rings (SSSR count). The van der Waals surface area contributed by atoms with E-state index in [2.05, 4.69) is 39.0 Å². The Balaban J connectivity index is 2.99. The van der Waals surface area contributed by atoms with E-state index in [9.17, 15) is 0 Å². The van der Waals surface area contributed by atoms with Gasteiger partial charge in [0, 0.05) is 20.1 Å². The Hall–Kier alpha value is -1.59. The fourth-order valence-corrected chi connectivity index (χ4v) is 1.64. The van der Waals surface area contributed by atoms with Crippen molar-refractivity contribution in [2.45, 2.75) is 33.6 Å². The Labute approximate surface area is 109 Å². The molecule has 1 heterocycles. The Morgan fingerprint density at radius 3 is 2.22 bits per heavy atom. The Morgan fingerprint density at radius 1 is 1.06 bits per heavy atom. The van der Waals surface area contributed by atoms with Crippen molar-refractivity contribution in [3.05, 3.63) is 0 Å². The average Bonchev–Trinajstić information content (AvgIpc) is 2.38. The summed E-state index contributed by atoms with van der Waals surface area (Å²) in [4.78, 5) is 15.1. The molecular weight excluding hydrogens is 230 g/mol. The molecule has 0 aliphatic heterocycles. The zero-order valence-electron chi connectivity index (χ0n) is 11.7. The van der Waals surface area contributed by atoms with Crippen molar-refractivity contribution in [2.24, 2.45) is 0 Å². The number of nitrogens with zero attached hydrogens (tertiary/aromatic N) is 4. The predicted octanol–water partition coefficient (Wildman–Crippen LogP) is 1.94. The van der Waals surface area contributed by atoms with Gasteiger partial charge in [-0.05, 0) is 19.8 Å². The first kappa shape index (κ1) is 14.5. The van der Waals surface area contributed by atoms with Gasteiger partial charge in [-0.3, -0.25) is 0 Å². The quantitative estimate of drug-likeness (QED) is 0.764. The van der Waals surface area contributed by atoms with Gasteiger partial charge in [-0.15, -0.1) is 0 Å². The van der Waals surface area contributed by atoms with Gasteiger partial charge in [0.2, 0.25) is 11.9 Å². The second-order valence-corrected chi connectivity index (χ2v) is 3.91. The molecule has 1 N–H and O–H groups in total. The van der Waals surface area contributed by atoms with Crippen molar-refractivity contribution in [3.8, 4) is 6.01 Å². The summed E-state index contributed by atoms with van der Waals surface area (Å²) in [6, 6.07) is 0.379. The van der Waals surface area contributed by atoms with Crippen molar-refractivity contribution >= 4 is 11.9 Å². The van der Waals surface area contributed by atoms with Crippen LogP contribution >= 0.6 is 0 Å². The van der Waals surface area contributed by atoms with Gasteiger partial charge in [0.05, 0.1) is 6.61 Å². The van der Waals surface area contributed by atoms with E-state index in [4.69, 9.17) is 4.74 Å². The molecule has 0 aliphatic carbocycles. The molecule has 0 fully saturated rings. The third-order valence-corrected chi connectivity index (χ3v) is 2.37. The lowest BCUT2D eigenvalue weighted by Gasteiger charge is -2.21. The highest BCUT2D eigenvalue weighted by Crippen LogP contribution is 2.15. The number of hydrogen-bond donors (Lipinski definition) is 1. The predicted molar refractivity (Wildman–Crippen MR) is 73.3 cm³/mol. The van der Waals surface area contributed by atoms with Crippen molar-refractivity contribution in [1.82, 2.24) is 15.0 Å². The normalized spacial score (nSPS) is 10.2. The SMILES string of the molecule is CCCN(CCC)c1nc(NC)nc(OCC)n1. The van der Waals surface area contributed by atoms with Gasteiger partial charge < -0.3 is 15.0 Å². The standard InChI is InChI=1S/C12H23N5O/c1-5-8-17(9-6-2)11-14-10(13-4)15-12(16-11)18-7-3/h5-9H2,1-4H3,(H,13,14,15,16). The lowest BCUT2D eigenvalue weighted by molar-refractivity contribution is 0.312. The van der Waals surface area contributed by atoms with Crippen LogP contribution in [0.5, 0.6) is 6.01 Å². The van der Waals surface area contributed by atoms with Crippen LogP contribution in [-0.2, 0) is 0 Å². The lowest BCUT2D eigenvalue weighted by atomic mass is 10.4. The minimum Gasteiger partial charge on any atom is -0.464 e. The summed E-state index contributed by atoms with van der Waals surface area (Å²) in [5, 5.41) is 2.94. The van der Waals surface area contributed by atoms with Gasteiger partial charge in [0.15, 0.2) is 0 Å². The Bertz CT molecular complexity index is 352. The molecule has 0 spiro atoms. The van der Waals surface area contributed by atoms with Crippen molar-refractivity contribution in [2.75, 3.05) is 37.0 Å². The number of anilines is 2. The van der Waals surface area contributed by atoms with E-state index in [1.165, 1.54) is 0 Å². The Morgan fingerprint density at radius 2 is 1.72 bits per heavy atom. The van der Waals surface area contributed by atoms with Crippen LogP contribution < -0.4 is 15.0 Å². The summed E-state index contributed by atoms with van der Waals surface area (Å²) in [5.74, 6) is 1.22. The van der Waals surface area contributed by atoms with E-state index in [-0.39, 0.29) is 0 Å². The van der Waals surface area contributed by atoms with Gasteiger partial charge in [-0.25, -0.2) is 0 Å². The molecule has 0 radical (unpaired) electrons. The second-order valence-electron chi connectivity index (χ2n) is 3.91. The summed E-state index contributed by atoms with van der Waals surface area (Å²) in [6.45, 7) is 8.63. The molecule has 0 amide bonds. The first-order valence-corrected chi connectivity index (χ1v) is 6.56. The van der Waals surface area contributed by atoms with Crippen molar-refractivity contribution in [1.29, 1.82) is 0 Å². The molecule has 0 unspecified atom stereocenters. The van der Waals surface area contributed by atoms with E-state index in [0.29, 0.717) is 24.5 Å². The van der Waals surface area contributed by atoms with Gasteiger partial charge in [0.25, 0.3) is 0 Å². The van der Waals surface area contributed by atoms with E-state index in [0.717, 1.165) is 25.9 Å². The van der Waals surface area contributed by atoms with E-state index in [1.807, 2.05) is 6.92 Å². The van der Waals surface area contributed by atoms with E-state index >= 15 is 0 Å². The summed E-state index contributed by atoms with van der Waals surface area (Å²) < 4.78 is 5.37. The molecule has 0 saturated carbocycles. The first-order chi connectivity index (χ1) is 8.74. The average molecular weight is 253 g/mol. The van der Waals surface area contributed by atoms with Crippen molar-refractivity contribution < 1.29 is 4.74 Å². The van der Waals surface area contributed by atoms with Crippen LogP contribution in [-0.4, -0.2) is 41.7 Å². The third kappa shape index (κ3) is 4.01. The zero-order chi connectivity index (χ0) is 13.4. The zero-order valence-corrected chi connectivity index (χ0v) is 11.7. The highest BCUT2D eigenvalue weighted by molar-refractivity contribution is 5.37. The van der Waals surface area contributed by atoms with Gasteiger partial charge in [-0.2, -0.15) is 15.0 Å². The van der Waals surface area contributed by atoms with Crippen LogP contribution in [0.2, 0.25) is 0 Å². The largest absolute Gasteiger partial charge is 0.464 e. The number of nitrogens with one attached hydrogen (secondary N) is 1. The maximum atomic E-state index is 5.37. The summed E-state index contributed by atoms with van der Waals surface area (Å²) in [6.07, 6.45) is 2.12. The van der Waals surface area contributed by atoms with E-state index < -0.39 is 0 Å². The van der Waals surface area contributed by atoms with Crippen LogP contribution in [0.1, 0.15) is 33.6 Å². The van der Waals surface area contributed by atoms with Crippen LogP contribution in [0.15, 0.2) is 0 Å². The molecule has 0 aromatic carbocycles. The van der Waals surface area contributed by atoms with Crippen LogP contribution in [0.4, 0.5) is 11.9 Å². The monoisotopic (exact) mass is 253 g/mol. The van der Waals surface area contributed by atoms with Gasteiger partial charge >= 0.3 is 6.01 Å². The fraction of sp³-hybridized carbons (Fsp3) is 0.750. The lowest BCUT2D eigenvalue weighted by Crippen LogP contribution is -2.27. The highest BCUT2D eigenvalue weighted by atomic mass is 16.5. The summed E-state index contributed by atoms with van der Waals surface area (Å²) >= 11 is 0. The van der Waals surface area contributed by atoms with Crippen molar-refractivity contribution in [3.63, 3.8) is 0 Å². The number of hydrogen-bond acceptors (Lipinski definition) is 6. The molecule has 18 heavy (non-hydrogen) atoms. The van der Waals surface area contributed by atoms with Gasteiger partial charge in [0.1, 0.15) is 0 Å². The fourth-order valence-electron chi connectivity index (χ4n) is 1.64. The summed E-state index contributed by atoms with van der Waals surface area (Å²) in [7, 11) is 1.79. The first-order valence-electron chi connectivity index (χ1n) is 6.56. The Kier molecular flexibility index (Phi) is 6.18. The summed E-state index contributed by atoms with van der Waals surface area (Å²) in [5.41, 5.74) is 0. The molecule has 0 bridgehead atoms. The van der Waals surface area contributed by atoms with Crippen LogP contribution in [0.3, 0.4) is 0 Å². The molecule has 102 valence electrons. The third-order valence-electron chi connectivity index (χ3n) is 2.37. The maximum Gasteiger partial charge on any atom is 0.323 e. The minimum atomic E-state index is 0.379.